The highest BCUT2D eigenvalue weighted by atomic mass is 32.2. The molecular weight excluding hydrogens is 648 g/mol. The Morgan fingerprint density at radius 3 is 2.24 bits per heavy atom. The molecule has 1 aliphatic carbocycles. The second-order valence-corrected chi connectivity index (χ2v) is 14.6. The summed E-state index contributed by atoms with van der Waals surface area (Å²) in [5.41, 5.74) is 4.58. The molecule has 14 nitrogen and oxygen atoms in total. The van der Waals surface area contributed by atoms with Gasteiger partial charge in [-0.25, -0.2) is 22.6 Å². The zero-order valence-corrected chi connectivity index (χ0v) is 28.3. The van der Waals surface area contributed by atoms with Crippen LogP contribution in [-0.4, -0.2) is 83.0 Å². The number of amides is 3. The van der Waals surface area contributed by atoms with Gasteiger partial charge in [0, 0.05) is 44.2 Å². The molecule has 0 unspecified atom stereocenters. The molecule has 1 fully saturated rings. The number of rotatable bonds is 12. The Kier molecular flexibility index (Phi) is 11.0. The first-order valence-corrected chi connectivity index (χ1v) is 17.4. The molecule has 0 radical (unpaired) electrons. The van der Waals surface area contributed by atoms with Crippen LogP contribution in [-0.2, 0) is 26.0 Å². The number of aromatic nitrogens is 4. The van der Waals surface area contributed by atoms with E-state index >= 15 is 0 Å². The van der Waals surface area contributed by atoms with Crippen LogP contribution in [0.3, 0.4) is 0 Å². The summed E-state index contributed by atoms with van der Waals surface area (Å²) < 4.78 is 26.7. The molecule has 4 aromatic rings. The van der Waals surface area contributed by atoms with Crippen LogP contribution in [0.5, 0.6) is 0 Å². The van der Waals surface area contributed by atoms with E-state index in [1.165, 1.54) is 18.4 Å². The quantitative estimate of drug-likeness (QED) is 0.147. The van der Waals surface area contributed by atoms with Crippen molar-refractivity contribution in [2.45, 2.75) is 50.0 Å². The minimum atomic E-state index is -3.62. The Morgan fingerprint density at radius 1 is 0.959 bits per heavy atom. The van der Waals surface area contributed by atoms with E-state index in [1.807, 2.05) is 31.2 Å². The highest BCUT2D eigenvalue weighted by Gasteiger charge is 2.30. The molecular formula is C34H40N8O6S. The van der Waals surface area contributed by atoms with Gasteiger partial charge < -0.3 is 21.1 Å². The molecule has 3 amide bonds. The van der Waals surface area contributed by atoms with Gasteiger partial charge in [0.05, 0.1) is 4.90 Å². The second-order valence-electron chi connectivity index (χ2n) is 12.4. The molecule has 1 atom stereocenters. The van der Waals surface area contributed by atoms with Gasteiger partial charge in [-0.3, -0.25) is 9.59 Å². The summed E-state index contributed by atoms with van der Waals surface area (Å²) in [6.45, 7) is 2.27. The minimum Gasteiger partial charge on any atom is -0.465 e. The second kappa shape index (κ2) is 15.4. The number of nitrogens with zero attached hydrogens (tertiary/aromatic N) is 4. The van der Waals surface area contributed by atoms with E-state index < -0.39 is 22.2 Å². The first-order chi connectivity index (χ1) is 23.4. The van der Waals surface area contributed by atoms with E-state index in [-0.39, 0.29) is 35.0 Å². The van der Waals surface area contributed by atoms with E-state index in [4.69, 9.17) is 5.11 Å². The van der Waals surface area contributed by atoms with Crippen molar-refractivity contribution in [2.24, 2.45) is 11.8 Å². The van der Waals surface area contributed by atoms with Crippen molar-refractivity contribution in [3.8, 4) is 22.5 Å². The predicted molar refractivity (Wildman–Crippen MR) is 183 cm³/mol. The van der Waals surface area contributed by atoms with E-state index in [0.717, 1.165) is 27.8 Å². The van der Waals surface area contributed by atoms with Gasteiger partial charge >= 0.3 is 6.09 Å². The van der Waals surface area contributed by atoms with E-state index in [0.29, 0.717) is 43.7 Å². The van der Waals surface area contributed by atoms with Gasteiger partial charge in [0.2, 0.25) is 21.8 Å². The molecule has 1 saturated carbocycles. The van der Waals surface area contributed by atoms with Crippen molar-refractivity contribution < 1.29 is 27.9 Å². The fourth-order valence-electron chi connectivity index (χ4n) is 5.92. The van der Waals surface area contributed by atoms with E-state index in [2.05, 4.69) is 36.6 Å². The maximum atomic E-state index is 13.7. The molecule has 49 heavy (non-hydrogen) atoms. The summed E-state index contributed by atoms with van der Waals surface area (Å²) >= 11 is 0. The molecule has 0 saturated heterocycles. The third-order valence-corrected chi connectivity index (χ3v) is 10.7. The van der Waals surface area contributed by atoms with Crippen LogP contribution in [0.15, 0.2) is 71.6 Å². The zero-order chi connectivity index (χ0) is 35.1. The number of anilines is 1. The van der Waals surface area contributed by atoms with Gasteiger partial charge in [-0.05, 0) is 108 Å². The Hall–Kier alpha value is -5.15. The van der Waals surface area contributed by atoms with Crippen molar-refractivity contribution in [1.82, 2.24) is 35.6 Å². The highest BCUT2D eigenvalue weighted by molar-refractivity contribution is 7.89. The van der Waals surface area contributed by atoms with Gasteiger partial charge in [-0.15, -0.1) is 5.10 Å². The fourth-order valence-corrected chi connectivity index (χ4v) is 6.85. The summed E-state index contributed by atoms with van der Waals surface area (Å²) in [7, 11) is -0.633. The number of aromatic amines is 1. The zero-order valence-electron chi connectivity index (χ0n) is 27.5. The lowest BCUT2D eigenvalue weighted by atomic mass is 9.81. The third kappa shape index (κ3) is 8.86. The summed E-state index contributed by atoms with van der Waals surface area (Å²) in [5, 5.41) is 31.0. The average molecular weight is 689 g/mol. The number of carbonyl (C=O) groups is 3. The number of benzene rings is 3. The lowest BCUT2D eigenvalue weighted by molar-refractivity contribution is -0.130. The minimum absolute atomic E-state index is 0.167. The van der Waals surface area contributed by atoms with Crippen LogP contribution in [0.25, 0.3) is 22.5 Å². The Bertz CT molecular complexity index is 1870. The van der Waals surface area contributed by atoms with Crippen LogP contribution >= 0.6 is 0 Å². The Balaban J connectivity index is 1.32. The van der Waals surface area contributed by atoms with Crippen LogP contribution in [0.1, 0.15) is 36.8 Å². The first-order valence-electron chi connectivity index (χ1n) is 16.0. The molecule has 0 aliphatic heterocycles. The largest absolute Gasteiger partial charge is 0.465 e. The standard InChI is InChI=1S/C34H40N8O6S/c1-21-4-17-28(49(47,48)42(2)3)19-29(21)24-9-5-22(6-10-24)18-30(37-32(43)26-11-7-23(8-12-26)20-35-34(45)46)33(44)36-27-15-13-25(14-16-27)31-38-40-41-39-31/h4-6,9-10,13-17,19,23,26,30,35H,7-8,11-12,18,20H2,1-3H3,(H,36,44)(H,37,43)(H,45,46)(H,38,39,40,41)/t23-,26-,30-/m0/s1. The molecule has 1 aliphatic rings. The maximum absolute atomic E-state index is 13.7. The van der Waals surface area contributed by atoms with E-state index in [1.54, 1.807) is 42.5 Å². The lowest BCUT2D eigenvalue weighted by Crippen LogP contribution is -2.48. The van der Waals surface area contributed by atoms with Gasteiger partial charge in [-0.2, -0.15) is 0 Å². The SMILES string of the molecule is Cc1ccc(S(=O)(=O)N(C)C)cc1-c1ccc(C[C@H](NC(=O)[C@H]2CC[C@H](CNC(=O)O)CC2)C(=O)Nc2ccc(-c3nnn[nH]3)cc2)cc1. The number of hydrogen-bond acceptors (Lipinski definition) is 8. The van der Waals surface area contributed by atoms with Gasteiger partial charge in [0.1, 0.15) is 6.04 Å². The van der Waals surface area contributed by atoms with Gasteiger partial charge in [0.25, 0.3) is 0 Å². The summed E-state index contributed by atoms with van der Waals surface area (Å²) in [6, 6.07) is 18.6. The number of carboxylic acid groups (broad SMARTS) is 1. The van der Waals surface area contributed by atoms with E-state index in [9.17, 15) is 22.8 Å². The molecule has 0 spiro atoms. The number of tetrazole rings is 1. The number of sulfonamides is 1. The number of hydrogen-bond donors (Lipinski definition) is 5. The molecule has 3 aromatic carbocycles. The smallest absolute Gasteiger partial charge is 0.404 e. The molecule has 0 bridgehead atoms. The Morgan fingerprint density at radius 2 is 1.63 bits per heavy atom. The number of H-pyrrole nitrogens is 1. The molecule has 5 N–H and O–H groups in total. The van der Waals surface area contributed by atoms with Crippen molar-refractivity contribution in [2.75, 3.05) is 26.0 Å². The number of carbonyl (C=O) groups excluding carboxylic acids is 2. The van der Waals surface area contributed by atoms with Gasteiger partial charge in [0.15, 0.2) is 5.82 Å². The van der Waals surface area contributed by atoms with Crippen LogP contribution < -0.4 is 16.0 Å². The summed E-state index contributed by atoms with van der Waals surface area (Å²) in [6.07, 6.45) is 1.76. The number of nitrogens with one attached hydrogen (secondary N) is 4. The molecule has 5 rings (SSSR count). The van der Waals surface area contributed by atoms with Gasteiger partial charge in [-0.1, -0.05) is 30.3 Å². The fraction of sp³-hybridized carbons (Fsp3) is 0.353. The van der Waals surface area contributed by atoms with Crippen LogP contribution in [0.2, 0.25) is 0 Å². The predicted octanol–water partition coefficient (Wildman–Crippen LogP) is 3.83. The lowest BCUT2D eigenvalue weighted by Gasteiger charge is -2.29. The summed E-state index contributed by atoms with van der Waals surface area (Å²) in [5.74, 6) is -0.239. The molecule has 1 aromatic heterocycles. The first kappa shape index (κ1) is 35.2. The molecule has 15 heteroatoms. The van der Waals surface area contributed by atoms with Crippen molar-refractivity contribution in [3.05, 3.63) is 77.9 Å². The Labute approximate surface area is 284 Å². The monoisotopic (exact) mass is 688 g/mol. The number of aryl methyl sites for hydroxylation is 1. The molecule has 258 valence electrons. The maximum Gasteiger partial charge on any atom is 0.404 e. The molecule has 1 heterocycles. The van der Waals surface area contributed by atoms with Crippen LogP contribution in [0.4, 0.5) is 10.5 Å². The topological polar surface area (TPSA) is 199 Å². The van der Waals surface area contributed by atoms with Crippen molar-refractivity contribution in [3.63, 3.8) is 0 Å². The normalized spacial score (nSPS) is 16.9. The average Bonchev–Trinajstić information content (AvgIpc) is 3.63. The van der Waals surface area contributed by atoms with Crippen molar-refractivity contribution >= 4 is 33.6 Å². The third-order valence-electron chi connectivity index (χ3n) is 8.86. The van der Waals surface area contributed by atoms with Crippen molar-refractivity contribution in [1.29, 1.82) is 0 Å². The summed E-state index contributed by atoms with van der Waals surface area (Å²) in [4.78, 5) is 38.2. The highest BCUT2D eigenvalue weighted by Crippen LogP contribution is 2.30. The van der Waals surface area contributed by atoms with Crippen LogP contribution in [0, 0.1) is 18.8 Å².